The summed E-state index contributed by atoms with van der Waals surface area (Å²) < 4.78 is 0. The van der Waals surface area contributed by atoms with E-state index in [4.69, 9.17) is 11.6 Å². The number of nitrogens with zero attached hydrogens (tertiary/aromatic N) is 1. The summed E-state index contributed by atoms with van der Waals surface area (Å²) in [6.07, 6.45) is 7.14. The van der Waals surface area contributed by atoms with Crippen molar-refractivity contribution in [1.29, 1.82) is 0 Å². The molecule has 2 aliphatic rings. The monoisotopic (exact) mass is 424 g/mol. The Bertz CT molecular complexity index is 1010. The van der Waals surface area contributed by atoms with Crippen molar-refractivity contribution in [3.05, 3.63) is 63.7 Å². The summed E-state index contributed by atoms with van der Waals surface area (Å²) >= 11 is 6.36. The van der Waals surface area contributed by atoms with Crippen LogP contribution in [0.2, 0.25) is 5.02 Å². The van der Waals surface area contributed by atoms with Crippen LogP contribution in [-0.2, 0) is 4.79 Å². The van der Waals surface area contributed by atoms with E-state index in [0.717, 1.165) is 12.8 Å². The average molecular weight is 425 g/mol. The molecule has 0 radical (unpaired) electrons. The fraction of sp³-hybridized carbons (Fsp3) is 0.375. The van der Waals surface area contributed by atoms with Gasteiger partial charge in [-0.2, -0.15) is 0 Å². The lowest BCUT2D eigenvalue weighted by atomic mass is 9.84. The van der Waals surface area contributed by atoms with Crippen molar-refractivity contribution in [2.24, 2.45) is 0 Å². The molecule has 4 rings (SSSR count). The topological polar surface area (TPSA) is 66.5 Å². The van der Waals surface area contributed by atoms with Gasteiger partial charge in [-0.1, -0.05) is 61.5 Å². The fourth-order valence-electron chi connectivity index (χ4n) is 4.46. The third kappa shape index (κ3) is 4.05. The lowest BCUT2D eigenvalue weighted by Gasteiger charge is -2.26. The van der Waals surface area contributed by atoms with Crippen molar-refractivity contribution < 1.29 is 14.4 Å². The van der Waals surface area contributed by atoms with E-state index in [2.05, 4.69) is 10.2 Å². The van der Waals surface area contributed by atoms with Gasteiger partial charge in [-0.05, 0) is 32.0 Å². The van der Waals surface area contributed by atoms with Gasteiger partial charge in [0, 0.05) is 28.3 Å². The van der Waals surface area contributed by atoms with Crippen LogP contribution in [0.25, 0.3) is 0 Å². The smallest absolute Gasteiger partial charge is 0.238 e. The molecule has 30 heavy (non-hydrogen) atoms. The van der Waals surface area contributed by atoms with E-state index in [1.54, 1.807) is 24.3 Å². The first kappa shape index (κ1) is 20.8. The van der Waals surface area contributed by atoms with Crippen molar-refractivity contribution in [3.63, 3.8) is 0 Å². The molecule has 1 amide bonds. The third-order valence-electron chi connectivity index (χ3n) is 6.13. The predicted octanol–water partition coefficient (Wildman–Crippen LogP) is 4.71. The first-order valence-corrected chi connectivity index (χ1v) is 10.9. The van der Waals surface area contributed by atoms with Crippen LogP contribution in [0, 0.1) is 0 Å². The number of halogens is 1. The summed E-state index contributed by atoms with van der Waals surface area (Å²) in [6.45, 7) is 0.258. The molecule has 0 atom stereocenters. The Morgan fingerprint density at radius 3 is 2.13 bits per heavy atom. The molecule has 1 saturated carbocycles. The molecule has 0 heterocycles. The van der Waals surface area contributed by atoms with E-state index in [1.807, 2.05) is 7.05 Å². The summed E-state index contributed by atoms with van der Waals surface area (Å²) in [5, 5.41) is 3.08. The molecule has 156 valence electrons. The Balaban J connectivity index is 1.52. The molecular weight excluding hydrogens is 400 g/mol. The molecule has 1 fully saturated rings. The SMILES string of the molecule is CN(CC(=O)Nc1cc2c(cc1Cl)C(=O)c1ccccc1C2=O)C1CCCCCC1. The molecular formula is C24H25ClN2O3. The van der Waals surface area contributed by atoms with Gasteiger partial charge in [0.15, 0.2) is 11.6 Å². The van der Waals surface area contributed by atoms with E-state index < -0.39 is 0 Å². The zero-order valence-corrected chi connectivity index (χ0v) is 17.8. The Kier molecular flexibility index (Phi) is 6.02. The molecule has 1 N–H and O–H groups in total. The fourth-order valence-corrected chi connectivity index (χ4v) is 4.67. The van der Waals surface area contributed by atoms with Crippen LogP contribution < -0.4 is 5.32 Å². The highest BCUT2D eigenvalue weighted by Gasteiger charge is 2.30. The van der Waals surface area contributed by atoms with Gasteiger partial charge in [0.1, 0.15) is 0 Å². The number of hydrogen-bond acceptors (Lipinski definition) is 4. The van der Waals surface area contributed by atoms with Crippen LogP contribution in [0.3, 0.4) is 0 Å². The molecule has 2 aromatic carbocycles. The molecule has 5 nitrogen and oxygen atoms in total. The highest BCUT2D eigenvalue weighted by molar-refractivity contribution is 6.36. The average Bonchev–Trinajstić information content (AvgIpc) is 3.03. The van der Waals surface area contributed by atoms with Crippen molar-refractivity contribution in [2.45, 2.75) is 44.6 Å². The predicted molar refractivity (Wildman–Crippen MR) is 118 cm³/mol. The highest BCUT2D eigenvalue weighted by Crippen LogP contribution is 2.33. The Labute approximate surface area is 181 Å². The minimum absolute atomic E-state index is 0.182. The molecule has 0 unspecified atom stereocenters. The molecule has 0 aliphatic heterocycles. The summed E-state index contributed by atoms with van der Waals surface area (Å²) in [6, 6.07) is 10.2. The van der Waals surface area contributed by atoms with E-state index in [-0.39, 0.29) is 40.2 Å². The summed E-state index contributed by atoms with van der Waals surface area (Å²) in [5.74, 6) is -0.644. The quantitative estimate of drug-likeness (QED) is 0.616. The number of carbonyl (C=O) groups excluding carboxylic acids is 3. The normalized spacial score (nSPS) is 16.8. The van der Waals surface area contributed by atoms with E-state index in [0.29, 0.717) is 22.9 Å². The maximum atomic E-state index is 12.9. The summed E-state index contributed by atoms with van der Waals surface area (Å²) in [4.78, 5) is 40.4. The molecule has 0 spiro atoms. The van der Waals surface area contributed by atoms with Crippen LogP contribution >= 0.6 is 11.6 Å². The van der Waals surface area contributed by atoms with E-state index in [1.165, 1.54) is 37.8 Å². The second-order valence-corrected chi connectivity index (χ2v) is 8.60. The van der Waals surface area contributed by atoms with Crippen molar-refractivity contribution in [2.75, 3.05) is 18.9 Å². The Morgan fingerprint density at radius 2 is 1.53 bits per heavy atom. The number of ketones is 2. The number of nitrogens with one attached hydrogen (secondary N) is 1. The zero-order valence-electron chi connectivity index (χ0n) is 17.0. The van der Waals surface area contributed by atoms with Gasteiger partial charge in [-0.15, -0.1) is 0 Å². The summed E-state index contributed by atoms with van der Waals surface area (Å²) in [5.41, 5.74) is 1.67. The standard InChI is InChI=1S/C24H25ClN2O3/c1-27(15-8-4-2-3-5-9-15)14-22(28)26-21-13-19-18(12-20(21)25)23(29)16-10-6-7-11-17(16)24(19)30/h6-7,10-13,15H,2-5,8-9,14H2,1H3,(H,26,28). The van der Waals surface area contributed by atoms with Gasteiger partial charge >= 0.3 is 0 Å². The largest absolute Gasteiger partial charge is 0.324 e. The molecule has 2 aromatic rings. The van der Waals surface area contributed by atoms with Gasteiger partial charge in [0.05, 0.1) is 17.3 Å². The van der Waals surface area contributed by atoms with Crippen molar-refractivity contribution in [1.82, 2.24) is 4.90 Å². The number of anilines is 1. The lowest BCUT2D eigenvalue weighted by molar-refractivity contribution is -0.117. The van der Waals surface area contributed by atoms with Gasteiger partial charge in [-0.3, -0.25) is 19.3 Å². The molecule has 0 bridgehead atoms. The third-order valence-corrected chi connectivity index (χ3v) is 6.44. The van der Waals surface area contributed by atoms with Crippen molar-refractivity contribution >= 4 is 34.8 Å². The number of fused-ring (bicyclic) bond motifs is 2. The first-order chi connectivity index (χ1) is 14.5. The lowest BCUT2D eigenvalue weighted by Crippen LogP contribution is -2.37. The number of rotatable bonds is 4. The highest BCUT2D eigenvalue weighted by atomic mass is 35.5. The minimum Gasteiger partial charge on any atom is -0.324 e. The molecule has 0 aromatic heterocycles. The van der Waals surface area contributed by atoms with E-state index in [9.17, 15) is 14.4 Å². The van der Waals surface area contributed by atoms with Crippen molar-refractivity contribution in [3.8, 4) is 0 Å². The van der Waals surface area contributed by atoms with Crippen LogP contribution in [0.1, 0.15) is 70.4 Å². The number of likely N-dealkylation sites (N-methyl/N-ethyl adjacent to an activating group) is 1. The second-order valence-electron chi connectivity index (χ2n) is 8.19. The Hall–Kier alpha value is -2.50. The van der Waals surface area contributed by atoms with Crippen LogP contribution in [0.5, 0.6) is 0 Å². The summed E-state index contributed by atoms with van der Waals surface area (Å²) in [7, 11) is 1.98. The number of carbonyl (C=O) groups is 3. The maximum absolute atomic E-state index is 12.9. The Morgan fingerprint density at radius 1 is 0.967 bits per heavy atom. The van der Waals surface area contributed by atoms with Gasteiger partial charge < -0.3 is 5.32 Å². The molecule has 0 saturated heterocycles. The van der Waals surface area contributed by atoms with Gasteiger partial charge in [0.25, 0.3) is 0 Å². The molecule has 2 aliphatic carbocycles. The van der Waals surface area contributed by atoms with Crippen LogP contribution in [0.15, 0.2) is 36.4 Å². The number of amides is 1. The van der Waals surface area contributed by atoms with Crippen LogP contribution in [-0.4, -0.2) is 42.0 Å². The number of benzene rings is 2. The van der Waals surface area contributed by atoms with Crippen LogP contribution in [0.4, 0.5) is 5.69 Å². The second kappa shape index (κ2) is 8.70. The minimum atomic E-state index is -0.233. The maximum Gasteiger partial charge on any atom is 0.238 e. The zero-order chi connectivity index (χ0) is 21.3. The van der Waals surface area contributed by atoms with Gasteiger partial charge in [0.2, 0.25) is 5.91 Å². The molecule has 6 heteroatoms. The van der Waals surface area contributed by atoms with E-state index >= 15 is 0 Å². The number of hydrogen-bond donors (Lipinski definition) is 1. The van der Waals surface area contributed by atoms with Gasteiger partial charge in [-0.25, -0.2) is 0 Å². The first-order valence-electron chi connectivity index (χ1n) is 10.5.